The third kappa shape index (κ3) is 2.72. The zero-order valence-electron chi connectivity index (χ0n) is 8.82. The number of hydrogen-bond donors (Lipinski definition) is 0. The Labute approximate surface area is 84.6 Å². The monoisotopic (exact) mass is 196 g/mol. The van der Waals surface area contributed by atoms with Gasteiger partial charge in [-0.25, -0.2) is 0 Å². The van der Waals surface area contributed by atoms with E-state index in [-0.39, 0.29) is 6.10 Å². The van der Waals surface area contributed by atoms with E-state index in [4.69, 9.17) is 14.2 Å². The predicted octanol–water partition coefficient (Wildman–Crippen LogP) is 2.03. The second kappa shape index (κ2) is 5.62. The van der Waals surface area contributed by atoms with Crippen LogP contribution < -0.4 is 4.74 Å². The molecule has 0 amide bonds. The number of hydrogen-bond acceptors (Lipinski definition) is 3. The molecule has 1 rings (SSSR count). The summed E-state index contributed by atoms with van der Waals surface area (Å²) in [6.45, 7) is 0.558. The number of rotatable bonds is 5. The molecule has 0 N–H and O–H groups in total. The largest absolute Gasteiger partial charge is 0.497 e. The molecule has 0 aromatic heterocycles. The summed E-state index contributed by atoms with van der Waals surface area (Å²) < 4.78 is 15.4. The SMILES string of the molecule is COCC(OC)c1ccc(OC)cc1. The van der Waals surface area contributed by atoms with Crippen LogP contribution in [-0.4, -0.2) is 27.9 Å². The predicted molar refractivity (Wildman–Crippen MR) is 54.6 cm³/mol. The highest BCUT2D eigenvalue weighted by Crippen LogP contribution is 2.19. The molecule has 0 aliphatic heterocycles. The van der Waals surface area contributed by atoms with Crippen LogP contribution in [0.25, 0.3) is 0 Å². The van der Waals surface area contributed by atoms with Gasteiger partial charge >= 0.3 is 0 Å². The van der Waals surface area contributed by atoms with Crippen molar-refractivity contribution in [3.05, 3.63) is 29.8 Å². The smallest absolute Gasteiger partial charge is 0.118 e. The summed E-state index contributed by atoms with van der Waals surface area (Å²) in [6.07, 6.45) is -0.00842. The fraction of sp³-hybridized carbons (Fsp3) is 0.455. The minimum atomic E-state index is -0.00842. The number of benzene rings is 1. The Morgan fingerprint density at radius 3 is 2.14 bits per heavy atom. The van der Waals surface area contributed by atoms with Gasteiger partial charge in [0, 0.05) is 14.2 Å². The summed E-state index contributed by atoms with van der Waals surface area (Å²) >= 11 is 0. The van der Waals surface area contributed by atoms with Crippen molar-refractivity contribution in [1.82, 2.24) is 0 Å². The van der Waals surface area contributed by atoms with Crippen molar-refractivity contribution in [2.75, 3.05) is 27.9 Å². The van der Waals surface area contributed by atoms with Gasteiger partial charge in [0.05, 0.1) is 13.7 Å². The average molecular weight is 196 g/mol. The molecule has 3 heteroatoms. The summed E-state index contributed by atoms with van der Waals surface area (Å²) in [6, 6.07) is 7.78. The van der Waals surface area contributed by atoms with Gasteiger partial charge in [-0.2, -0.15) is 0 Å². The van der Waals surface area contributed by atoms with Crippen LogP contribution in [0.2, 0.25) is 0 Å². The van der Waals surface area contributed by atoms with Gasteiger partial charge in [0.2, 0.25) is 0 Å². The minimum absolute atomic E-state index is 0.00842. The maximum atomic E-state index is 5.28. The van der Waals surface area contributed by atoms with E-state index >= 15 is 0 Å². The first-order valence-electron chi connectivity index (χ1n) is 4.47. The van der Waals surface area contributed by atoms with E-state index in [9.17, 15) is 0 Å². The molecular weight excluding hydrogens is 180 g/mol. The van der Waals surface area contributed by atoms with Crippen molar-refractivity contribution >= 4 is 0 Å². The fourth-order valence-electron chi connectivity index (χ4n) is 1.27. The highest BCUT2D eigenvalue weighted by atomic mass is 16.5. The molecule has 0 saturated carbocycles. The van der Waals surface area contributed by atoms with E-state index in [1.807, 2.05) is 24.3 Å². The highest BCUT2D eigenvalue weighted by molar-refractivity contribution is 5.28. The first-order chi connectivity index (χ1) is 6.81. The van der Waals surface area contributed by atoms with Crippen LogP contribution >= 0.6 is 0 Å². The van der Waals surface area contributed by atoms with Crippen molar-refractivity contribution in [1.29, 1.82) is 0 Å². The lowest BCUT2D eigenvalue weighted by atomic mass is 10.1. The van der Waals surface area contributed by atoms with E-state index in [1.165, 1.54) is 0 Å². The molecule has 14 heavy (non-hydrogen) atoms. The van der Waals surface area contributed by atoms with E-state index in [2.05, 4.69) is 0 Å². The van der Waals surface area contributed by atoms with Gasteiger partial charge in [-0.15, -0.1) is 0 Å². The van der Waals surface area contributed by atoms with Crippen molar-refractivity contribution < 1.29 is 14.2 Å². The van der Waals surface area contributed by atoms with E-state index in [0.29, 0.717) is 6.61 Å². The lowest BCUT2D eigenvalue weighted by Crippen LogP contribution is -2.08. The van der Waals surface area contributed by atoms with Crippen LogP contribution in [0.4, 0.5) is 0 Å². The molecule has 0 spiro atoms. The Morgan fingerprint density at radius 1 is 1.07 bits per heavy atom. The van der Waals surface area contributed by atoms with E-state index in [0.717, 1.165) is 11.3 Å². The maximum absolute atomic E-state index is 5.28. The summed E-state index contributed by atoms with van der Waals surface area (Å²) in [4.78, 5) is 0. The zero-order valence-corrected chi connectivity index (χ0v) is 8.82. The molecule has 1 aromatic rings. The molecule has 0 bridgehead atoms. The van der Waals surface area contributed by atoms with Crippen molar-refractivity contribution in [3.63, 3.8) is 0 Å². The van der Waals surface area contributed by atoms with Gasteiger partial charge in [-0.05, 0) is 17.7 Å². The molecular formula is C11H16O3. The topological polar surface area (TPSA) is 27.7 Å². The lowest BCUT2D eigenvalue weighted by molar-refractivity contribution is 0.0274. The van der Waals surface area contributed by atoms with Crippen LogP contribution in [0.3, 0.4) is 0 Å². The lowest BCUT2D eigenvalue weighted by Gasteiger charge is -2.14. The molecule has 1 aromatic carbocycles. The third-order valence-corrected chi connectivity index (χ3v) is 2.09. The molecule has 0 heterocycles. The van der Waals surface area contributed by atoms with Gasteiger partial charge in [0.15, 0.2) is 0 Å². The Balaban J connectivity index is 2.73. The zero-order chi connectivity index (χ0) is 10.4. The standard InChI is InChI=1S/C11H16O3/c1-12-8-11(14-3)9-4-6-10(13-2)7-5-9/h4-7,11H,8H2,1-3H3. The number of ether oxygens (including phenoxy) is 3. The van der Waals surface area contributed by atoms with Crippen molar-refractivity contribution in [2.24, 2.45) is 0 Å². The van der Waals surface area contributed by atoms with Gasteiger partial charge < -0.3 is 14.2 Å². The summed E-state index contributed by atoms with van der Waals surface area (Å²) in [5, 5.41) is 0. The van der Waals surface area contributed by atoms with Crippen LogP contribution in [-0.2, 0) is 9.47 Å². The molecule has 3 nitrogen and oxygen atoms in total. The second-order valence-electron chi connectivity index (χ2n) is 2.95. The highest BCUT2D eigenvalue weighted by Gasteiger charge is 2.09. The van der Waals surface area contributed by atoms with Gasteiger partial charge in [0.1, 0.15) is 11.9 Å². The molecule has 0 aliphatic rings. The minimum Gasteiger partial charge on any atom is -0.497 e. The van der Waals surface area contributed by atoms with Crippen LogP contribution in [0, 0.1) is 0 Å². The summed E-state index contributed by atoms with van der Waals surface area (Å²) in [7, 11) is 4.99. The summed E-state index contributed by atoms with van der Waals surface area (Å²) in [5.41, 5.74) is 1.09. The third-order valence-electron chi connectivity index (χ3n) is 2.09. The molecule has 1 atom stereocenters. The molecule has 0 saturated heterocycles. The molecule has 0 radical (unpaired) electrons. The Kier molecular flexibility index (Phi) is 4.43. The Bertz CT molecular complexity index is 256. The van der Waals surface area contributed by atoms with Crippen molar-refractivity contribution in [3.8, 4) is 5.75 Å². The van der Waals surface area contributed by atoms with Gasteiger partial charge in [0.25, 0.3) is 0 Å². The van der Waals surface area contributed by atoms with Crippen LogP contribution in [0.1, 0.15) is 11.7 Å². The molecule has 1 unspecified atom stereocenters. The Hall–Kier alpha value is -1.06. The molecule has 78 valence electrons. The number of methoxy groups -OCH3 is 3. The molecule has 0 fully saturated rings. The van der Waals surface area contributed by atoms with Crippen molar-refractivity contribution in [2.45, 2.75) is 6.10 Å². The normalized spacial score (nSPS) is 12.5. The van der Waals surface area contributed by atoms with Crippen LogP contribution in [0.15, 0.2) is 24.3 Å². The van der Waals surface area contributed by atoms with Gasteiger partial charge in [-0.1, -0.05) is 12.1 Å². The van der Waals surface area contributed by atoms with Crippen LogP contribution in [0.5, 0.6) is 5.75 Å². The van der Waals surface area contributed by atoms with E-state index in [1.54, 1.807) is 21.3 Å². The second-order valence-corrected chi connectivity index (χ2v) is 2.95. The summed E-state index contributed by atoms with van der Waals surface area (Å²) in [5.74, 6) is 0.848. The maximum Gasteiger partial charge on any atom is 0.118 e. The van der Waals surface area contributed by atoms with Gasteiger partial charge in [-0.3, -0.25) is 0 Å². The molecule has 0 aliphatic carbocycles. The Morgan fingerprint density at radius 2 is 1.71 bits per heavy atom. The fourth-order valence-corrected chi connectivity index (χ4v) is 1.27. The average Bonchev–Trinajstić information content (AvgIpc) is 2.26. The first-order valence-corrected chi connectivity index (χ1v) is 4.47. The quantitative estimate of drug-likeness (QED) is 0.721. The first kappa shape index (κ1) is 11.0. The van der Waals surface area contributed by atoms with E-state index < -0.39 is 0 Å².